The third-order valence-electron chi connectivity index (χ3n) is 3.65. The van der Waals surface area contributed by atoms with Gasteiger partial charge in [0, 0.05) is 16.9 Å². The maximum Gasteiger partial charge on any atom is 0.251 e. The summed E-state index contributed by atoms with van der Waals surface area (Å²) in [5, 5.41) is 3.69. The summed E-state index contributed by atoms with van der Waals surface area (Å²) < 4.78 is 12.9. The topological polar surface area (TPSA) is 42.0 Å². The lowest BCUT2D eigenvalue weighted by atomic mass is 10.1. The summed E-state index contributed by atoms with van der Waals surface area (Å²) >= 11 is 1.61. The van der Waals surface area contributed by atoms with Crippen LogP contribution in [0.4, 0.5) is 4.39 Å². The van der Waals surface area contributed by atoms with E-state index in [0.29, 0.717) is 12.1 Å². The number of aryl methyl sites for hydroxylation is 1. The van der Waals surface area contributed by atoms with E-state index in [2.05, 4.69) is 22.4 Å². The normalized spacial score (nSPS) is 10.6. The fourth-order valence-electron chi connectivity index (χ4n) is 2.37. The standard InChI is InChI=1S/C19H17FN2OS/c1-13-17(11-14-5-3-2-4-6-14)24-18(22-13)12-21-19(23)15-7-9-16(20)10-8-15/h2-10H,11-12H2,1H3,(H,21,23). The third kappa shape index (κ3) is 4.06. The minimum Gasteiger partial charge on any atom is -0.346 e. The van der Waals surface area contributed by atoms with Crippen molar-refractivity contribution in [2.24, 2.45) is 0 Å². The number of carbonyl (C=O) groups is 1. The van der Waals surface area contributed by atoms with Gasteiger partial charge in [0.25, 0.3) is 5.91 Å². The van der Waals surface area contributed by atoms with E-state index in [-0.39, 0.29) is 11.7 Å². The molecule has 1 heterocycles. The van der Waals surface area contributed by atoms with Gasteiger partial charge in [0.1, 0.15) is 10.8 Å². The summed E-state index contributed by atoms with van der Waals surface area (Å²) in [5.41, 5.74) is 2.68. The highest BCUT2D eigenvalue weighted by Gasteiger charge is 2.10. The number of benzene rings is 2. The zero-order chi connectivity index (χ0) is 16.9. The quantitative estimate of drug-likeness (QED) is 0.759. The molecule has 5 heteroatoms. The first-order chi connectivity index (χ1) is 11.6. The van der Waals surface area contributed by atoms with Crippen molar-refractivity contribution in [3.63, 3.8) is 0 Å². The second kappa shape index (κ2) is 7.36. The minimum absolute atomic E-state index is 0.229. The highest BCUT2D eigenvalue weighted by molar-refractivity contribution is 7.11. The number of carbonyl (C=O) groups excluding carboxylic acids is 1. The Labute approximate surface area is 144 Å². The maximum atomic E-state index is 12.9. The summed E-state index contributed by atoms with van der Waals surface area (Å²) in [6.07, 6.45) is 0.844. The van der Waals surface area contributed by atoms with Crippen molar-refractivity contribution in [3.8, 4) is 0 Å². The van der Waals surface area contributed by atoms with E-state index in [1.807, 2.05) is 25.1 Å². The molecule has 3 rings (SSSR count). The highest BCUT2D eigenvalue weighted by Crippen LogP contribution is 2.21. The zero-order valence-corrected chi connectivity index (χ0v) is 14.1. The summed E-state index contributed by atoms with van der Waals surface area (Å²) in [6.45, 7) is 2.36. The largest absolute Gasteiger partial charge is 0.346 e. The van der Waals surface area contributed by atoms with Gasteiger partial charge in [-0.2, -0.15) is 0 Å². The van der Waals surface area contributed by atoms with Crippen molar-refractivity contribution in [2.75, 3.05) is 0 Å². The number of halogens is 1. The molecule has 0 bridgehead atoms. The van der Waals surface area contributed by atoms with Gasteiger partial charge in [-0.25, -0.2) is 9.37 Å². The fourth-order valence-corrected chi connectivity index (χ4v) is 3.41. The van der Waals surface area contributed by atoms with Crippen LogP contribution >= 0.6 is 11.3 Å². The minimum atomic E-state index is -0.354. The maximum absolute atomic E-state index is 12.9. The van der Waals surface area contributed by atoms with E-state index in [1.54, 1.807) is 11.3 Å². The number of hydrogen-bond acceptors (Lipinski definition) is 3. The van der Waals surface area contributed by atoms with Gasteiger partial charge in [0.05, 0.1) is 12.2 Å². The van der Waals surface area contributed by atoms with Gasteiger partial charge >= 0.3 is 0 Å². The van der Waals surface area contributed by atoms with E-state index >= 15 is 0 Å². The lowest BCUT2D eigenvalue weighted by molar-refractivity contribution is 0.0951. The van der Waals surface area contributed by atoms with Gasteiger partial charge in [-0.15, -0.1) is 11.3 Å². The molecule has 1 aromatic heterocycles. The Morgan fingerprint density at radius 1 is 1.12 bits per heavy atom. The van der Waals surface area contributed by atoms with Crippen LogP contribution in [0.2, 0.25) is 0 Å². The van der Waals surface area contributed by atoms with Crippen molar-refractivity contribution >= 4 is 17.2 Å². The van der Waals surface area contributed by atoms with E-state index in [4.69, 9.17) is 0 Å². The lowest BCUT2D eigenvalue weighted by Gasteiger charge is -2.02. The second-order valence-corrected chi connectivity index (χ2v) is 6.64. The van der Waals surface area contributed by atoms with Crippen LogP contribution in [0, 0.1) is 12.7 Å². The smallest absolute Gasteiger partial charge is 0.251 e. The van der Waals surface area contributed by atoms with Gasteiger partial charge in [-0.05, 0) is 36.8 Å². The summed E-state index contributed by atoms with van der Waals surface area (Å²) in [6, 6.07) is 15.7. The van der Waals surface area contributed by atoms with Gasteiger partial charge in [-0.1, -0.05) is 30.3 Å². The van der Waals surface area contributed by atoms with Gasteiger partial charge in [-0.3, -0.25) is 4.79 Å². The first-order valence-corrected chi connectivity index (χ1v) is 8.46. The van der Waals surface area contributed by atoms with Crippen molar-refractivity contribution in [2.45, 2.75) is 19.9 Å². The van der Waals surface area contributed by atoms with Crippen molar-refractivity contribution in [1.29, 1.82) is 0 Å². The van der Waals surface area contributed by atoms with Crippen LogP contribution in [0.15, 0.2) is 54.6 Å². The monoisotopic (exact) mass is 340 g/mol. The van der Waals surface area contributed by atoms with E-state index < -0.39 is 0 Å². The van der Waals surface area contributed by atoms with Gasteiger partial charge in [0.2, 0.25) is 0 Å². The molecule has 0 atom stereocenters. The van der Waals surface area contributed by atoms with E-state index in [0.717, 1.165) is 17.1 Å². The molecule has 0 fully saturated rings. The number of rotatable bonds is 5. The van der Waals surface area contributed by atoms with E-state index in [9.17, 15) is 9.18 Å². The Morgan fingerprint density at radius 3 is 2.54 bits per heavy atom. The third-order valence-corrected chi connectivity index (χ3v) is 4.81. The van der Waals surface area contributed by atoms with Crippen LogP contribution in [0.3, 0.4) is 0 Å². The molecule has 2 aromatic carbocycles. The molecule has 0 saturated carbocycles. The molecule has 0 aliphatic rings. The number of aromatic nitrogens is 1. The molecule has 0 unspecified atom stereocenters. The van der Waals surface area contributed by atoms with Crippen molar-refractivity contribution in [3.05, 3.63) is 87.1 Å². The zero-order valence-electron chi connectivity index (χ0n) is 13.3. The Hall–Kier alpha value is -2.53. The summed E-state index contributed by atoms with van der Waals surface area (Å²) in [7, 11) is 0. The van der Waals surface area contributed by atoms with Crippen LogP contribution in [0.1, 0.15) is 31.5 Å². The summed E-state index contributed by atoms with van der Waals surface area (Å²) in [4.78, 5) is 17.8. The first kappa shape index (κ1) is 16.3. The van der Waals surface area contributed by atoms with Gasteiger partial charge < -0.3 is 5.32 Å². The molecule has 0 saturated heterocycles. The number of hydrogen-bond donors (Lipinski definition) is 1. The van der Waals surface area contributed by atoms with Crippen LogP contribution in [-0.2, 0) is 13.0 Å². The molecular formula is C19H17FN2OS. The average molecular weight is 340 g/mol. The molecular weight excluding hydrogens is 323 g/mol. The predicted octanol–water partition coefficient (Wildman–Crippen LogP) is 4.11. The molecule has 3 aromatic rings. The summed E-state index contributed by atoms with van der Waals surface area (Å²) in [5.74, 6) is -0.583. The van der Waals surface area contributed by atoms with Crippen LogP contribution < -0.4 is 5.32 Å². The number of thiazole rings is 1. The fraction of sp³-hybridized carbons (Fsp3) is 0.158. The highest BCUT2D eigenvalue weighted by atomic mass is 32.1. The van der Waals surface area contributed by atoms with Crippen LogP contribution in [0.25, 0.3) is 0 Å². The van der Waals surface area contributed by atoms with Crippen molar-refractivity contribution < 1.29 is 9.18 Å². The molecule has 1 N–H and O–H groups in total. The molecule has 0 radical (unpaired) electrons. The number of amides is 1. The molecule has 0 spiro atoms. The molecule has 3 nitrogen and oxygen atoms in total. The molecule has 24 heavy (non-hydrogen) atoms. The van der Waals surface area contributed by atoms with Crippen LogP contribution in [0.5, 0.6) is 0 Å². The number of nitrogens with zero attached hydrogens (tertiary/aromatic N) is 1. The molecule has 0 aliphatic carbocycles. The Balaban J connectivity index is 1.63. The Bertz CT molecular complexity index is 828. The van der Waals surface area contributed by atoms with Crippen molar-refractivity contribution in [1.82, 2.24) is 10.3 Å². The predicted molar refractivity (Wildman–Crippen MR) is 93.7 cm³/mol. The Morgan fingerprint density at radius 2 is 1.83 bits per heavy atom. The van der Waals surface area contributed by atoms with Gasteiger partial charge in [0.15, 0.2) is 0 Å². The SMILES string of the molecule is Cc1nc(CNC(=O)c2ccc(F)cc2)sc1Cc1ccccc1. The average Bonchev–Trinajstić information content (AvgIpc) is 2.94. The van der Waals surface area contributed by atoms with E-state index in [1.165, 1.54) is 34.7 Å². The Kier molecular flexibility index (Phi) is 5.01. The number of nitrogens with one attached hydrogen (secondary N) is 1. The van der Waals surface area contributed by atoms with Crippen LogP contribution in [-0.4, -0.2) is 10.9 Å². The molecule has 1 amide bonds. The molecule has 0 aliphatic heterocycles. The lowest BCUT2D eigenvalue weighted by Crippen LogP contribution is -2.22. The first-order valence-electron chi connectivity index (χ1n) is 7.64. The molecule has 122 valence electrons. The second-order valence-electron chi connectivity index (χ2n) is 5.47.